The Hall–Kier alpha value is -0.590. The lowest BCUT2D eigenvalue weighted by molar-refractivity contribution is 0.0549. The summed E-state index contributed by atoms with van der Waals surface area (Å²) in [5.74, 6) is 0. The lowest BCUT2D eigenvalue weighted by Crippen LogP contribution is -2.35. The standard InChI is InChI=1S/C12H16BrNO3S/c1-3-17-12(15)14-5-4-10-8(6-11(13)18-10)9(7-14)16-2/h6,9H,3-5,7H2,1-2H3. The zero-order chi connectivity index (χ0) is 13.1. The molecule has 1 aromatic rings. The molecule has 0 saturated carbocycles. The van der Waals surface area contributed by atoms with Crippen molar-refractivity contribution in [2.24, 2.45) is 0 Å². The first-order valence-corrected chi connectivity index (χ1v) is 7.49. The summed E-state index contributed by atoms with van der Waals surface area (Å²) in [6, 6.07) is 2.09. The first-order chi connectivity index (χ1) is 8.65. The van der Waals surface area contributed by atoms with Gasteiger partial charge in [0.1, 0.15) is 6.10 Å². The van der Waals surface area contributed by atoms with Gasteiger partial charge in [0, 0.05) is 18.5 Å². The van der Waals surface area contributed by atoms with Crippen LogP contribution in [0.25, 0.3) is 0 Å². The van der Waals surface area contributed by atoms with Gasteiger partial charge in [-0.05, 0) is 40.9 Å². The number of fused-ring (bicyclic) bond motifs is 1. The van der Waals surface area contributed by atoms with Crippen LogP contribution < -0.4 is 0 Å². The number of thiophene rings is 1. The van der Waals surface area contributed by atoms with E-state index in [2.05, 4.69) is 22.0 Å². The minimum absolute atomic E-state index is 0.0746. The quantitative estimate of drug-likeness (QED) is 0.834. The largest absolute Gasteiger partial charge is 0.450 e. The van der Waals surface area contributed by atoms with Crippen LogP contribution in [0.15, 0.2) is 9.85 Å². The van der Waals surface area contributed by atoms with Crippen molar-refractivity contribution < 1.29 is 14.3 Å². The fraction of sp³-hybridized carbons (Fsp3) is 0.583. The fourth-order valence-electron chi connectivity index (χ4n) is 2.09. The molecule has 4 nitrogen and oxygen atoms in total. The van der Waals surface area contributed by atoms with Gasteiger partial charge in [0.05, 0.1) is 16.9 Å². The molecule has 1 amide bonds. The Labute approximate surface area is 119 Å². The summed E-state index contributed by atoms with van der Waals surface area (Å²) in [4.78, 5) is 14.8. The molecule has 6 heteroatoms. The number of halogens is 1. The van der Waals surface area contributed by atoms with Crippen molar-refractivity contribution in [2.75, 3.05) is 26.8 Å². The Bertz CT molecular complexity index is 435. The zero-order valence-electron chi connectivity index (χ0n) is 10.4. The number of hydrogen-bond acceptors (Lipinski definition) is 4. The van der Waals surface area contributed by atoms with Crippen LogP contribution in [0.3, 0.4) is 0 Å². The molecule has 0 aliphatic carbocycles. The van der Waals surface area contributed by atoms with Gasteiger partial charge in [-0.1, -0.05) is 0 Å². The zero-order valence-corrected chi connectivity index (χ0v) is 12.8. The van der Waals surface area contributed by atoms with Crippen LogP contribution in [0.2, 0.25) is 0 Å². The minimum Gasteiger partial charge on any atom is -0.450 e. The van der Waals surface area contributed by atoms with E-state index in [0.29, 0.717) is 19.7 Å². The maximum absolute atomic E-state index is 11.8. The van der Waals surface area contributed by atoms with E-state index in [1.165, 1.54) is 10.4 Å². The number of carbonyl (C=O) groups is 1. The highest BCUT2D eigenvalue weighted by atomic mass is 79.9. The normalized spacial score (nSPS) is 19.3. The molecular formula is C12H16BrNO3S. The maximum Gasteiger partial charge on any atom is 0.409 e. The van der Waals surface area contributed by atoms with Gasteiger partial charge in [-0.25, -0.2) is 4.79 Å². The number of carbonyl (C=O) groups excluding carboxylic acids is 1. The van der Waals surface area contributed by atoms with E-state index in [-0.39, 0.29) is 12.2 Å². The summed E-state index contributed by atoms with van der Waals surface area (Å²) in [5, 5.41) is 0. The molecule has 100 valence electrons. The smallest absolute Gasteiger partial charge is 0.409 e. The van der Waals surface area contributed by atoms with E-state index in [9.17, 15) is 4.79 Å². The third kappa shape index (κ3) is 2.87. The lowest BCUT2D eigenvalue weighted by atomic mass is 10.1. The molecule has 1 aliphatic rings. The van der Waals surface area contributed by atoms with E-state index in [1.807, 2.05) is 6.92 Å². The molecule has 18 heavy (non-hydrogen) atoms. The third-order valence-corrected chi connectivity index (χ3v) is 4.68. The number of methoxy groups -OCH3 is 1. The average molecular weight is 334 g/mol. The van der Waals surface area contributed by atoms with E-state index in [4.69, 9.17) is 9.47 Å². The van der Waals surface area contributed by atoms with Gasteiger partial charge < -0.3 is 14.4 Å². The summed E-state index contributed by atoms with van der Waals surface area (Å²) in [6.45, 7) is 3.45. The Balaban J connectivity index is 2.17. The van der Waals surface area contributed by atoms with Crippen molar-refractivity contribution in [3.05, 3.63) is 20.3 Å². The third-order valence-electron chi connectivity index (χ3n) is 2.96. The maximum atomic E-state index is 11.8. The molecule has 2 rings (SSSR count). The highest BCUT2D eigenvalue weighted by Gasteiger charge is 2.28. The number of rotatable bonds is 2. The number of ether oxygens (including phenoxy) is 2. The molecule has 0 fully saturated rings. The number of amides is 1. The Morgan fingerprint density at radius 1 is 1.67 bits per heavy atom. The summed E-state index contributed by atoms with van der Waals surface area (Å²) in [6.07, 6.45) is 0.521. The van der Waals surface area contributed by atoms with Gasteiger partial charge >= 0.3 is 6.09 Å². The van der Waals surface area contributed by atoms with Crippen molar-refractivity contribution in [1.29, 1.82) is 0 Å². The lowest BCUT2D eigenvalue weighted by Gasteiger charge is -2.23. The molecule has 1 aliphatic heterocycles. The number of hydrogen-bond donors (Lipinski definition) is 0. The molecule has 0 spiro atoms. The summed E-state index contributed by atoms with van der Waals surface area (Å²) >= 11 is 5.21. The van der Waals surface area contributed by atoms with Crippen molar-refractivity contribution in [3.63, 3.8) is 0 Å². The average Bonchev–Trinajstić information content (AvgIpc) is 2.62. The summed E-state index contributed by atoms with van der Waals surface area (Å²) in [7, 11) is 1.68. The van der Waals surface area contributed by atoms with Crippen LogP contribution in [0.4, 0.5) is 4.79 Å². The fourth-order valence-corrected chi connectivity index (χ4v) is 3.84. The highest BCUT2D eigenvalue weighted by molar-refractivity contribution is 9.11. The Morgan fingerprint density at radius 2 is 2.44 bits per heavy atom. The van der Waals surface area contributed by atoms with Crippen LogP contribution in [-0.4, -0.2) is 37.8 Å². The summed E-state index contributed by atoms with van der Waals surface area (Å²) in [5.41, 5.74) is 1.18. The Morgan fingerprint density at radius 3 is 3.11 bits per heavy atom. The van der Waals surface area contributed by atoms with E-state index in [1.54, 1.807) is 23.3 Å². The molecule has 1 unspecified atom stereocenters. The SMILES string of the molecule is CCOC(=O)N1CCc2sc(Br)cc2C(OC)C1. The predicted octanol–water partition coefficient (Wildman–Crippen LogP) is 3.21. The first-order valence-electron chi connectivity index (χ1n) is 5.88. The second-order valence-electron chi connectivity index (χ2n) is 4.05. The number of nitrogens with zero attached hydrogens (tertiary/aromatic N) is 1. The van der Waals surface area contributed by atoms with Crippen molar-refractivity contribution in [3.8, 4) is 0 Å². The molecular weight excluding hydrogens is 318 g/mol. The van der Waals surface area contributed by atoms with E-state index in [0.717, 1.165) is 10.2 Å². The van der Waals surface area contributed by atoms with Crippen molar-refractivity contribution in [1.82, 2.24) is 4.90 Å². The van der Waals surface area contributed by atoms with Crippen LogP contribution in [0, 0.1) is 0 Å². The molecule has 0 bridgehead atoms. The van der Waals surface area contributed by atoms with Crippen molar-refractivity contribution >= 4 is 33.4 Å². The van der Waals surface area contributed by atoms with Gasteiger partial charge in [0.25, 0.3) is 0 Å². The van der Waals surface area contributed by atoms with Gasteiger partial charge in [-0.2, -0.15) is 0 Å². The monoisotopic (exact) mass is 333 g/mol. The molecule has 0 saturated heterocycles. The molecule has 0 aromatic carbocycles. The van der Waals surface area contributed by atoms with Crippen LogP contribution >= 0.6 is 27.3 Å². The van der Waals surface area contributed by atoms with Crippen LogP contribution in [0.1, 0.15) is 23.5 Å². The first kappa shape index (κ1) is 13.8. The van der Waals surface area contributed by atoms with Gasteiger partial charge in [-0.3, -0.25) is 0 Å². The molecule has 1 atom stereocenters. The van der Waals surface area contributed by atoms with Gasteiger partial charge in [-0.15, -0.1) is 11.3 Å². The minimum atomic E-state index is -0.256. The van der Waals surface area contributed by atoms with Crippen LogP contribution in [-0.2, 0) is 15.9 Å². The summed E-state index contributed by atoms with van der Waals surface area (Å²) < 4.78 is 11.7. The molecule has 1 aromatic heterocycles. The van der Waals surface area contributed by atoms with E-state index >= 15 is 0 Å². The Kier molecular flexibility index (Phi) is 4.64. The second-order valence-corrected chi connectivity index (χ2v) is 6.56. The van der Waals surface area contributed by atoms with Crippen molar-refractivity contribution in [2.45, 2.75) is 19.4 Å². The van der Waals surface area contributed by atoms with Gasteiger partial charge in [0.15, 0.2) is 0 Å². The van der Waals surface area contributed by atoms with E-state index < -0.39 is 0 Å². The molecule has 2 heterocycles. The van der Waals surface area contributed by atoms with Gasteiger partial charge in [0.2, 0.25) is 0 Å². The second kappa shape index (κ2) is 6.04. The predicted molar refractivity (Wildman–Crippen MR) is 74.1 cm³/mol. The molecule has 0 N–H and O–H groups in total. The highest BCUT2D eigenvalue weighted by Crippen LogP contribution is 2.35. The topological polar surface area (TPSA) is 38.8 Å². The van der Waals surface area contributed by atoms with Crippen LogP contribution in [0.5, 0.6) is 0 Å². The molecule has 0 radical (unpaired) electrons.